The van der Waals surface area contributed by atoms with Crippen LogP contribution in [0.2, 0.25) is 0 Å². The molecule has 30 heavy (non-hydrogen) atoms. The molecule has 0 aliphatic carbocycles. The van der Waals surface area contributed by atoms with Crippen molar-refractivity contribution in [2.24, 2.45) is 0 Å². The highest BCUT2D eigenvalue weighted by Crippen LogP contribution is 2.14. The minimum Gasteiger partial charge on any atom is -0.467 e. The van der Waals surface area contributed by atoms with Crippen LogP contribution < -0.4 is 10.0 Å². The zero-order chi connectivity index (χ0) is 22.1. The standard InChI is InChI=1S/C19H23N3O7S/c1-14(23)21-15-5-7-17(8-6-15)30(26,27)20-10-9-19(25)29-13-18(24)22(2)12-16-4-3-11-28-16/h3-8,11,20H,9-10,12-13H2,1-2H3,(H,21,23). The third-order valence-electron chi connectivity index (χ3n) is 3.86. The molecule has 11 heteroatoms. The number of nitrogens with zero attached hydrogens (tertiary/aromatic N) is 1. The van der Waals surface area contributed by atoms with Gasteiger partial charge in [0.05, 0.1) is 24.1 Å². The van der Waals surface area contributed by atoms with Gasteiger partial charge in [0, 0.05) is 26.2 Å². The lowest BCUT2D eigenvalue weighted by molar-refractivity contribution is -0.151. The van der Waals surface area contributed by atoms with Gasteiger partial charge in [0.15, 0.2) is 6.61 Å². The van der Waals surface area contributed by atoms with Crippen molar-refractivity contribution in [3.05, 3.63) is 48.4 Å². The van der Waals surface area contributed by atoms with E-state index in [0.29, 0.717) is 11.4 Å². The molecule has 0 bridgehead atoms. The topological polar surface area (TPSA) is 135 Å². The lowest BCUT2D eigenvalue weighted by Crippen LogP contribution is -2.31. The van der Waals surface area contributed by atoms with Crippen molar-refractivity contribution in [1.82, 2.24) is 9.62 Å². The Morgan fingerprint density at radius 3 is 2.43 bits per heavy atom. The minimum absolute atomic E-state index is 0.0142. The summed E-state index contributed by atoms with van der Waals surface area (Å²) < 4.78 is 36.8. The molecule has 2 amide bonds. The molecule has 2 rings (SSSR count). The van der Waals surface area contributed by atoms with Crippen LogP contribution in [0, 0.1) is 0 Å². The first-order valence-corrected chi connectivity index (χ1v) is 10.4. The number of benzene rings is 1. The van der Waals surface area contributed by atoms with Gasteiger partial charge < -0.3 is 19.4 Å². The van der Waals surface area contributed by atoms with Gasteiger partial charge in [0.1, 0.15) is 5.76 Å². The molecule has 0 aliphatic rings. The van der Waals surface area contributed by atoms with E-state index in [-0.39, 0.29) is 30.3 Å². The van der Waals surface area contributed by atoms with E-state index in [4.69, 9.17) is 9.15 Å². The summed E-state index contributed by atoms with van der Waals surface area (Å²) in [4.78, 5) is 36.0. The first-order chi connectivity index (χ1) is 14.2. The van der Waals surface area contributed by atoms with Gasteiger partial charge in [-0.2, -0.15) is 0 Å². The van der Waals surface area contributed by atoms with Crippen molar-refractivity contribution in [3.8, 4) is 0 Å². The third kappa shape index (κ3) is 7.33. The zero-order valence-corrected chi connectivity index (χ0v) is 17.4. The Morgan fingerprint density at radius 1 is 1.13 bits per heavy atom. The normalized spacial score (nSPS) is 11.0. The van der Waals surface area contributed by atoms with Gasteiger partial charge in [-0.05, 0) is 36.4 Å². The van der Waals surface area contributed by atoms with Crippen molar-refractivity contribution in [3.63, 3.8) is 0 Å². The van der Waals surface area contributed by atoms with Crippen molar-refractivity contribution in [1.29, 1.82) is 0 Å². The Balaban J connectivity index is 1.73. The maximum absolute atomic E-state index is 12.2. The average Bonchev–Trinajstić information content (AvgIpc) is 3.19. The summed E-state index contributed by atoms with van der Waals surface area (Å²) in [7, 11) is -2.29. The molecule has 0 saturated carbocycles. The van der Waals surface area contributed by atoms with E-state index in [1.165, 1.54) is 42.4 Å². The second kappa shape index (κ2) is 10.6. The van der Waals surface area contributed by atoms with Crippen LogP contribution in [0.3, 0.4) is 0 Å². The first kappa shape index (κ1) is 23.1. The second-order valence-corrected chi connectivity index (χ2v) is 8.11. The number of amides is 2. The highest BCUT2D eigenvalue weighted by molar-refractivity contribution is 7.89. The number of furan rings is 1. The maximum atomic E-state index is 12.2. The molecule has 0 unspecified atom stereocenters. The summed E-state index contributed by atoms with van der Waals surface area (Å²) in [5.74, 6) is -0.803. The Kier molecular flexibility index (Phi) is 8.13. The van der Waals surface area contributed by atoms with Crippen LogP contribution in [0.4, 0.5) is 5.69 Å². The molecule has 0 atom stereocenters. The van der Waals surface area contributed by atoms with Crippen molar-refractivity contribution in [2.45, 2.75) is 24.8 Å². The highest BCUT2D eigenvalue weighted by atomic mass is 32.2. The molecule has 0 saturated heterocycles. The highest BCUT2D eigenvalue weighted by Gasteiger charge is 2.16. The van der Waals surface area contributed by atoms with Crippen molar-refractivity contribution < 1.29 is 32.0 Å². The molecule has 2 N–H and O–H groups in total. The first-order valence-electron chi connectivity index (χ1n) is 8.96. The largest absolute Gasteiger partial charge is 0.467 e. The number of carbonyl (C=O) groups is 3. The Hall–Kier alpha value is -3.18. The fraction of sp³-hybridized carbons (Fsp3) is 0.316. The van der Waals surface area contributed by atoms with Gasteiger partial charge in [-0.3, -0.25) is 14.4 Å². The maximum Gasteiger partial charge on any atom is 0.307 e. The number of nitrogens with one attached hydrogen (secondary N) is 2. The molecule has 0 radical (unpaired) electrons. The Labute approximate surface area is 174 Å². The summed E-state index contributed by atoms with van der Waals surface area (Å²) in [6.45, 7) is 0.943. The number of likely N-dealkylation sites (N-methyl/N-ethyl adjacent to an activating group) is 1. The molecule has 0 aliphatic heterocycles. The van der Waals surface area contributed by atoms with Crippen LogP contribution in [-0.2, 0) is 35.7 Å². The Bertz CT molecular complexity index is 970. The zero-order valence-electron chi connectivity index (χ0n) is 16.6. The van der Waals surface area contributed by atoms with E-state index in [2.05, 4.69) is 10.0 Å². The van der Waals surface area contributed by atoms with Crippen LogP contribution >= 0.6 is 0 Å². The summed E-state index contributed by atoms with van der Waals surface area (Å²) >= 11 is 0. The molecular weight excluding hydrogens is 414 g/mol. The monoisotopic (exact) mass is 437 g/mol. The molecule has 10 nitrogen and oxygen atoms in total. The van der Waals surface area contributed by atoms with Crippen molar-refractivity contribution >= 4 is 33.5 Å². The van der Waals surface area contributed by atoms with E-state index in [9.17, 15) is 22.8 Å². The van der Waals surface area contributed by atoms with E-state index in [1.807, 2.05) is 0 Å². The van der Waals surface area contributed by atoms with E-state index in [0.717, 1.165) is 0 Å². The van der Waals surface area contributed by atoms with Gasteiger partial charge in [-0.25, -0.2) is 13.1 Å². The lowest BCUT2D eigenvalue weighted by Gasteiger charge is -2.15. The molecule has 1 heterocycles. The van der Waals surface area contributed by atoms with E-state index >= 15 is 0 Å². The smallest absolute Gasteiger partial charge is 0.307 e. The van der Waals surface area contributed by atoms with Gasteiger partial charge in [0.25, 0.3) is 5.91 Å². The number of ether oxygens (including phenoxy) is 1. The molecule has 2 aromatic rings. The summed E-state index contributed by atoms with van der Waals surface area (Å²) in [5.41, 5.74) is 0.465. The van der Waals surface area contributed by atoms with Crippen LogP contribution in [-0.4, -0.2) is 51.3 Å². The van der Waals surface area contributed by atoms with E-state index < -0.39 is 28.5 Å². The minimum atomic E-state index is -3.83. The van der Waals surface area contributed by atoms with Crippen LogP contribution in [0.15, 0.2) is 52.0 Å². The third-order valence-corrected chi connectivity index (χ3v) is 5.34. The fourth-order valence-electron chi connectivity index (χ4n) is 2.34. The Morgan fingerprint density at radius 2 is 1.83 bits per heavy atom. The average molecular weight is 437 g/mol. The predicted molar refractivity (Wildman–Crippen MR) is 107 cm³/mol. The van der Waals surface area contributed by atoms with Crippen LogP contribution in [0.25, 0.3) is 0 Å². The van der Waals surface area contributed by atoms with Gasteiger partial charge in [0.2, 0.25) is 15.9 Å². The molecule has 0 fully saturated rings. The van der Waals surface area contributed by atoms with Crippen LogP contribution in [0.5, 0.6) is 0 Å². The predicted octanol–water partition coefficient (Wildman–Crippen LogP) is 1.11. The molecule has 1 aromatic heterocycles. The quantitative estimate of drug-likeness (QED) is 0.532. The van der Waals surface area contributed by atoms with Gasteiger partial charge >= 0.3 is 5.97 Å². The fourth-order valence-corrected chi connectivity index (χ4v) is 3.37. The molecule has 1 aromatic carbocycles. The van der Waals surface area contributed by atoms with Crippen LogP contribution in [0.1, 0.15) is 19.1 Å². The van der Waals surface area contributed by atoms with Gasteiger partial charge in [-0.15, -0.1) is 0 Å². The SMILES string of the molecule is CC(=O)Nc1ccc(S(=O)(=O)NCCC(=O)OCC(=O)N(C)Cc2ccco2)cc1. The summed E-state index contributed by atoms with van der Waals surface area (Å²) in [6, 6.07) is 8.99. The summed E-state index contributed by atoms with van der Waals surface area (Å²) in [6.07, 6.45) is 1.25. The number of sulfonamides is 1. The number of hydrogen-bond acceptors (Lipinski definition) is 7. The molecule has 162 valence electrons. The van der Waals surface area contributed by atoms with E-state index in [1.54, 1.807) is 19.2 Å². The second-order valence-electron chi connectivity index (χ2n) is 6.34. The molecule has 0 spiro atoms. The lowest BCUT2D eigenvalue weighted by atomic mass is 10.3. The molecular formula is C19H23N3O7S. The number of anilines is 1. The number of carbonyl (C=O) groups excluding carboxylic acids is 3. The van der Waals surface area contributed by atoms with Gasteiger partial charge in [-0.1, -0.05) is 0 Å². The number of esters is 1. The number of rotatable bonds is 10. The van der Waals surface area contributed by atoms with Crippen molar-refractivity contribution in [2.75, 3.05) is 25.5 Å². The summed E-state index contributed by atoms with van der Waals surface area (Å²) in [5, 5.41) is 2.53. The number of hydrogen-bond donors (Lipinski definition) is 2.